The second-order valence-corrected chi connectivity index (χ2v) is 9.20. The molecule has 2 N–H and O–H groups in total. The molecule has 10 nitrogen and oxygen atoms in total. The first kappa shape index (κ1) is 31.5. The zero-order chi connectivity index (χ0) is 26.0. The molecule has 1 aromatic heterocycles. The molecule has 0 saturated carbocycles. The zero-order valence-corrected chi connectivity index (χ0v) is 21.8. The molecule has 0 saturated heterocycles. The number of hydrogen-bond donors (Lipinski definition) is 2. The summed E-state index contributed by atoms with van der Waals surface area (Å²) in [4.78, 5) is 42.5. The van der Waals surface area contributed by atoms with E-state index in [0.717, 1.165) is 12.0 Å². The standard InChI is InChI=1S/C21H34N4O6S.C2H6/c1-4-14-25(20(27)9-7-8-17-10-12-22-13-11-17)16-19(26)23-15-18(21(28)31-5-2)24-32(29,30)6-3;1-2/h10-13,18,24H,4-9,14-16H2,1-3H3,(H,23,26);1-2H3. The second kappa shape index (κ2) is 17.9. The summed E-state index contributed by atoms with van der Waals surface area (Å²) in [6.45, 7) is 9.01. The maximum atomic E-state index is 12.6. The normalized spacial score (nSPS) is 11.6. The Balaban J connectivity index is 0.00000529. The van der Waals surface area contributed by atoms with Crippen LogP contribution in [0.5, 0.6) is 0 Å². The van der Waals surface area contributed by atoms with E-state index < -0.39 is 27.9 Å². The van der Waals surface area contributed by atoms with E-state index in [1.165, 1.54) is 11.8 Å². The molecule has 194 valence electrons. The predicted molar refractivity (Wildman–Crippen MR) is 131 cm³/mol. The van der Waals surface area contributed by atoms with E-state index in [1.807, 2.05) is 32.9 Å². The number of pyridine rings is 1. The third kappa shape index (κ3) is 13.2. The average Bonchev–Trinajstić information content (AvgIpc) is 2.83. The van der Waals surface area contributed by atoms with Crippen LogP contribution < -0.4 is 10.0 Å². The Morgan fingerprint density at radius 3 is 2.32 bits per heavy atom. The van der Waals surface area contributed by atoms with Crippen LogP contribution in [0, 0.1) is 0 Å². The van der Waals surface area contributed by atoms with Crippen molar-refractivity contribution in [3.05, 3.63) is 30.1 Å². The molecule has 0 aliphatic heterocycles. The fourth-order valence-electron chi connectivity index (χ4n) is 2.87. The Hall–Kier alpha value is -2.53. The lowest BCUT2D eigenvalue weighted by atomic mass is 10.1. The van der Waals surface area contributed by atoms with Crippen LogP contribution in [0.4, 0.5) is 0 Å². The Labute approximate surface area is 203 Å². The highest BCUT2D eigenvalue weighted by atomic mass is 32.2. The molecule has 11 heteroatoms. The highest BCUT2D eigenvalue weighted by Gasteiger charge is 2.26. The van der Waals surface area contributed by atoms with Crippen molar-refractivity contribution in [1.82, 2.24) is 19.9 Å². The van der Waals surface area contributed by atoms with Gasteiger partial charge in [-0.05, 0) is 50.8 Å². The topological polar surface area (TPSA) is 135 Å². The number of carbonyl (C=O) groups excluding carboxylic acids is 3. The van der Waals surface area contributed by atoms with Crippen molar-refractivity contribution in [2.75, 3.05) is 32.0 Å². The smallest absolute Gasteiger partial charge is 0.325 e. The number of sulfonamides is 1. The Bertz CT molecular complexity index is 833. The van der Waals surface area contributed by atoms with Crippen molar-refractivity contribution in [3.63, 3.8) is 0 Å². The molecule has 1 atom stereocenters. The van der Waals surface area contributed by atoms with Crippen molar-refractivity contribution in [2.24, 2.45) is 0 Å². The predicted octanol–water partition coefficient (Wildman–Crippen LogP) is 1.66. The molecule has 0 spiro atoms. The molecule has 0 fully saturated rings. The second-order valence-electron chi connectivity index (χ2n) is 7.15. The minimum absolute atomic E-state index is 0.0788. The summed E-state index contributed by atoms with van der Waals surface area (Å²) < 4.78 is 30.8. The molecule has 1 rings (SSSR count). The van der Waals surface area contributed by atoms with Crippen LogP contribution in [0.1, 0.15) is 59.4 Å². The molecule has 2 amide bonds. The van der Waals surface area contributed by atoms with Gasteiger partial charge in [0.05, 0.1) is 18.9 Å². The molecule has 1 aromatic rings. The van der Waals surface area contributed by atoms with Crippen molar-refractivity contribution >= 4 is 27.8 Å². The van der Waals surface area contributed by atoms with Gasteiger partial charge in [0.1, 0.15) is 6.04 Å². The van der Waals surface area contributed by atoms with Gasteiger partial charge in [-0.2, -0.15) is 4.72 Å². The number of nitrogens with zero attached hydrogens (tertiary/aromatic N) is 2. The van der Waals surface area contributed by atoms with Gasteiger partial charge in [0.15, 0.2) is 0 Å². The molecule has 0 radical (unpaired) electrons. The van der Waals surface area contributed by atoms with E-state index in [0.29, 0.717) is 25.8 Å². The van der Waals surface area contributed by atoms with E-state index in [9.17, 15) is 22.8 Å². The third-order valence-corrected chi connectivity index (χ3v) is 5.97. The van der Waals surface area contributed by atoms with Crippen molar-refractivity contribution in [1.29, 1.82) is 0 Å². The minimum atomic E-state index is -3.68. The Morgan fingerprint density at radius 1 is 1.12 bits per heavy atom. The highest BCUT2D eigenvalue weighted by molar-refractivity contribution is 7.89. The fraction of sp³-hybridized carbons (Fsp3) is 0.652. The quantitative estimate of drug-likeness (QED) is 0.350. The van der Waals surface area contributed by atoms with Gasteiger partial charge in [0.25, 0.3) is 0 Å². The molecule has 0 aliphatic carbocycles. The average molecular weight is 501 g/mol. The third-order valence-electron chi connectivity index (χ3n) is 4.56. The van der Waals surface area contributed by atoms with Gasteiger partial charge in [-0.3, -0.25) is 19.4 Å². The SMILES string of the molecule is CC.CCCN(CC(=O)NCC(NS(=O)(=O)CC)C(=O)OCC)C(=O)CCCc1ccncc1. The number of esters is 1. The highest BCUT2D eigenvalue weighted by Crippen LogP contribution is 2.06. The molecular formula is C23H40N4O6S. The maximum absolute atomic E-state index is 12.6. The number of aromatic nitrogens is 1. The summed E-state index contributed by atoms with van der Waals surface area (Å²) in [6.07, 6.45) is 5.78. The summed E-state index contributed by atoms with van der Waals surface area (Å²) >= 11 is 0. The Kier molecular flexibility index (Phi) is 16.6. The van der Waals surface area contributed by atoms with E-state index in [1.54, 1.807) is 19.3 Å². The fourth-order valence-corrected chi connectivity index (χ4v) is 3.65. The van der Waals surface area contributed by atoms with Gasteiger partial charge < -0.3 is 15.0 Å². The lowest BCUT2D eigenvalue weighted by molar-refractivity contribution is -0.145. The summed E-state index contributed by atoms with van der Waals surface area (Å²) in [5, 5.41) is 2.53. The molecule has 0 aromatic carbocycles. The zero-order valence-electron chi connectivity index (χ0n) is 21.0. The van der Waals surface area contributed by atoms with E-state index in [4.69, 9.17) is 4.74 Å². The van der Waals surface area contributed by atoms with Crippen molar-refractivity contribution < 1.29 is 27.5 Å². The van der Waals surface area contributed by atoms with Crippen LogP contribution in [0.15, 0.2) is 24.5 Å². The molecular weight excluding hydrogens is 460 g/mol. The monoisotopic (exact) mass is 500 g/mol. The van der Waals surface area contributed by atoms with Gasteiger partial charge in [-0.15, -0.1) is 0 Å². The first-order chi connectivity index (χ1) is 16.2. The largest absolute Gasteiger partial charge is 0.465 e. The molecule has 0 bridgehead atoms. The van der Waals surface area contributed by atoms with Crippen LogP contribution in [0.2, 0.25) is 0 Å². The first-order valence-electron chi connectivity index (χ1n) is 11.8. The van der Waals surface area contributed by atoms with Crippen LogP contribution in [0.25, 0.3) is 0 Å². The van der Waals surface area contributed by atoms with Gasteiger partial charge in [0, 0.05) is 31.9 Å². The Morgan fingerprint density at radius 2 is 1.76 bits per heavy atom. The maximum Gasteiger partial charge on any atom is 0.325 e. The summed E-state index contributed by atoms with van der Waals surface area (Å²) in [7, 11) is -3.68. The van der Waals surface area contributed by atoms with Gasteiger partial charge in [-0.25, -0.2) is 8.42 Å². The number of hydrogen-bond acceptors (Lipinski definition) is 7. The summed E-state index contributed by atoms with van der Waals surface area (Å²) in [5.41, 5.74) is 1.09. The van der Waals surface area contributed by atoms with Crippen LogP contribution in [-0.4, -0.2) is 74.1 Å². The molecule has 1 unspecified atom stereocenters. The van der Waals surface area contributed by atoms with E-state index in [-0.39, 0.29) is 31.4 Å². The minimum Gasteiger partial charge on any atom is -0.465 e. The number of nitrogens with one attached hydrogen (secondary N) is 2. The van der Waals surface area contributed by atoms with Gasteiger partial charge in [-0.1, -0.05) is 20.8 Å². The van der Waals surface area contributed by atoms with Crippen LogP contribution >= 0.6 is 0 Å². The number of amides is 2. The number of rotatable bonds is 15. The first-order valence-corrected chi connectivity index (χ1v) is 13.5. The lowest BCUT2D eigenvalue weighted by Gasteiger charge is -2.23. The number of carbonyl (C=O) groups is 3. The molecule has 34 heavy (non-hydrogen) atoms. The van der Waals surface area contributed by atoms with Crippen molar-refractivity contribution in [2.45, 2.75) is 66.3 Å². The number of ether oxygens (including phenoxy) is 1. The van der Waals surface area contributed by atoms with Gasteiger partial charge >= 0.3 is 5.97 Å². The molecule has 1 heterocycles. The lowest BCUT2D eigenvalue weighted by Crippen LogP contribution is -2.51. The van der Waals surface area contributed by atoms with Crippen LogP contribution in [0.3, 0.4) is 0 Å². The number of aryl methyl sites for hydroxylation is 1. The summed E-state index contributed by atoms with van der Waals surface area (Å²) in [5.74, 6) is -1.60. The van der Waals surface area contributed by atoms with Crippen LogP contribution in [-0.2, 0) is 35.6 Å². The van der Waals surface area contributed by atoms with E-state index >= 15 is 0 Å². The van der Waals surface area contributed by atoms with Crippen molar-refractivity contribution in [3.8, 4) is 0 Å². The molecule has 0 aliphatic rings. The van der Waals surface area contributed by atoms with E-state index in [2.05, 4.69) is 15.0 Å². The van der Waals surface area contributed by atoms with Gasteiger partial charge in [0.2, 0.25) is 21.8 Å². The summed E-state index contributed by atoms with van der Waals surface area (Å²) in [6, 6.07) is 2.56.